The summed E-state index contributed by atoms with van der Waals surface area (Å²) in [6.07, 6.45) is -8.55. The molecule has 1 N–H and O–H groups in total. The molecule has 9 aromatic rings. The third kappa shape index (κ3) is 10.6. The highest BCUT2D eigenvalue weighted by atomic mass is 16.7. The molecule has 400 valence electrons. The van der Waals surface area contributed by atoms with E-state index in [1.165, 1.54) is 54.6 Å². The van der Waals surface area contributed by atoms with E-state index in [0.717, 1.165) is 17.2 Å². The number of benzene rings is 8. The normalized spacial score (nSPS) is 17.8. The third-order valence-corrected chi connectivity index (χ3v) is 13.2. The summed E-state index contributed by atoms with van der Waals surface area (Å²) in [7, 11) is 0. The molecule has 5 atom stereocenters. The number of ether oxygens (including phenoxy) is 9. The van der Waals surface area contributed by atoms with Gasteiger partial charge in [-0.3, -0.25) is 4.79 Å². The molecular weight excluding hydrogens is 1020 g/mol. The van der Waals surface area contributed by atoms with Crippen molar-refractivity contribution in [3.05, 3.63) is 256 Å². The van der Waals surface area contributed by atoms with Crippen LogP contribution in [0.15, 0.2) is 222 Å². The molecule has 0 saturated carbocycles. The van der Waals surface area contributed by atoms with E-state index in [9.17, 15) is 29.1 Å². The van der Waals surface area contributed by atoms with Crippen LogP contribution in [0.4, 0.5) is 0 Å². The molecule has 16 heteroatoms. The van der Waals surface area contributed by atoms with Gasteiger partial charge < -0.3 is 52.2 Å². The van der Waals surface area contributed by atoms with Crippen molar-refractivity contribution in [3.8, 4) is 40.1 Å². The van der Waals surface area contributed by atoms with E-state index in [1.807, 2.05) is 60.7 Å². The largest absolute Gasteiger partial charge is 0.507 e. The van der Waals surface area contributed by atoms with Gasteiger partial charge in [-0.2, -0.15) is 0 Å². The number of phenolic OH excluding ortho intramolecular Hbond substituents is 1. The summed E-state index contributed by atoms with van der Waals surface area (Å²) in [5.74, 6) is -5.22. The molecule has 1 saturated heterocycles. The first-order chi connectivity index (χ1) is 39.1. The molecule has 0 bridgehead atoms. The quantitative estimate of drug-likeness (QED) is 0.0706. The third-order valence-electron chi connectivity index (χ3n) is 13.2. The maximum absolute atomic E-state index is 14.6. The van der Waals surface area contributed by atoms with Gasteiger partial charge in [0.05, 0.1) is 28.9 Å². The molecule has 1 fully saturated rings. The number of esters is 4. The Morgan fingerprint density at radius 1 is 0.537 bits per heavy atom. The van der Waals surface area contributed by atoms with Crippen LogP contribution in [0.25, 0.3) is 22.3 Å². The molecule has 2 aliphatic rings. The highest BCUT2D eigenvalue weighted by molar-refractivity contribution is 5.92. The van der Waals surface area contributed by atoms with E-state index in [4.69, 9.17) is 47.0 Å². The number of rotatable bonds is 16. The maximum Gasteiger partial charge on any atom is 0.338 e. The zero-order valence-electron chi connectivity index (χ0n) is 42.6. The Morgan fingerprint density at radius 2 is 1.01 bits per heavy atom. The van der Waals surface area contributed by atoms with Crippen LogP contribution in [-0.4, -0.2) is 72.9 Å². The number of hydrogen-bond acceptors (Lipinski definition) is 16. The summed E-state index contributed by atoms with van der Waals surface area (Å²) >= 11 is 0. The van der Waals surface area contributed by atoms with Crippen molar-refractivity contribution < 1.29 is 71.3 Å². The van der Waals surface area contributed by atoms with Gasteiger partial charge in [-0.25, -0.2) is 19.2 Å². The van der Waals surface area contributed by atoms with Gasteiger partial charge in [0, 0.05) is 28.8 Å². The Hall–Kier alpha value is -10.2. The number of fused-ring (bicyclic) bond motifs is 2. The molecule has 8 aromatic carbocycles. The van der Waals surface area contributed by atoms with E-state index in [-0.39, 0.29) is 57.1 Å². The summed E-state index contributed by atoms with van der Waals surface area (Å²) in [4.78, 5) is 70.6. The first kappa shape index (κ1) is 51.9. The molecule has 0 aliphatic carbocycles. The van der Waals surface area contributed by atoms with Gasteiger partial charge in [0.1, 0.15) is 35.2 Å². The molecule has 0 amide bonds. The molecule has 0 spiro atoms. The van der Waals surface area contributed by atoms with Gasteiger partial charge in [-0.15, -0.1) is 0 Å². The monoisotopic (exact) mass is 1070 g/mol. The maximum atomic E-state index is 14.6. The summed E-state index contributed by atoms with van der Waals surface area (Å²) < 4.78 is 63.3. The molecule has 2 unspecified atom stereocenters. The first-order valence-corrected chi connectivity index (χ1v) is 25.5. The summed E-state index contributed by atoms with van der Waals surface area (Å²) in [5.41, 5.74) is 1.32. The van der Waals surface area contributed by atoms with Gasteiger partial charge in [-0.05, 0) is 73.7 Å². The van der Waals surface area contributed by atoms with E-state index in [1.54, 1.807) is 97.9 Å². The molecule has 16 nitrogen and oxygen atoms in total. The minimum Gasteiger partial charge on any atom is -0.507 e. The van der Waals surface area contributed by atoms with Crippen LogP contribution in [0.1, 0.15) is 59.5 Å². The Bertz CT molecular complexity index is 3710. The topological polar surface area (TPSA) is 202 Å². The smallest absolute Gasteiger partial charge is 0.338 e. The molecule has 0 radical (unpaired) electrons. The van der Waals surface area contributed by atoms with E-state index >= 15 is 0 Å². The summed E-state index contributed by atoms with van der Waals surface area (Å²) in [5, 5.41) is 11.5. The first-order valence-electron chi connectivity index (χ1n) is 25.5. The highest BCUT2D eigenvalue weighted by Crippen LogP contribution is 2.50. The SMILES string of the molecule is CCOc1c(-c2ccc3c(c2)OC(c2ccccc2)(c2ccccc2)O3)oc2cc(O[C@@H]3OC(COC(=O)c4ccccc4)[C@@H](OC(=O)c4ccccc4)C(OC(=O)c4ccccc4)[C@@H]3OC(=O)c3ccccc3)cc(O)c2c1=O. The van der Waals surface area contributed by atoms with Crippen LogP contribution < -0.4 is 24.4 Å². The Kier molecular flexibility index (Phi) is 14.8. The Labute approximate surface area is 457 Å². The lowest BCUT2D eigenvalue weighted by Gasteiger charge is -2.44. The van der Waals surface area contributed by atoms with E-state index in [0.29, 0.717) is 17.1 Å². The van der Waals surface area contributed by atoms with Crippen molar-refractivity contribution in [1.29, 1.82) is 0 Å². The van der Waals surface area contributed by atoms with Crippen LogP contribution in [0.5, 0.6) is 28.7 Å². The van der Waals surface area contributed by atoms with Crippen LogP contribution >= 0.6 is 0 Å². The van der Waals surface area contributed by atoms with Crippen LogP contribution in [0, 0.1) is 0 Å². The molecule has 11 rings (SSSR count). The van der Waals surface area contributed by atoms with Crippen LogP contribution in [0.3, 0.4) is 0 Å². The average Bonchev–Trinajstić information content (AvgIpc) is 3.91. The van der Waals surface area contributed by atoms with Gasteiger partial charge in [0.25, 0.3) is 0 Å². The molecule has 80 heavy (non-hydrogen) atoms. The average molecular weight is 1070 g/mol. The minimum absolute atomic E-state index is 0.0379. The second-order valence-electron chi connectivity index (χ2n) is 18.4. The minimum atomic E-state index is -1.82. The summed E-state index contributed by atoms with van der Waals surface area (Å²) in [6, 6.07) is 58.1. The van der Waals surface area contributed by atoms with Crippen molar-refractivity contribution in [2.24, 2.45) is 0 Å². The van der Waals surface area contributed by atoms with Crippen molar-refractivity contribution in [2.45, 2.75) is 43.4 Å². The number of aromatic hydroxyl groups is 1. The highest BCUT2D eigenvalue weighted by Gasteiger charge is 2.54. The van der Waals surface area contributed by atoms with Gasteiger partial charge in [0.15, 0.2) is 29.5 Å². The zero-order chi connectivity index (χ0) is 55.2. The van der Waals surface area contributed by atoms with Gasteiger partial charge >= 0.3 is 29.7 Å². The number of carbonyl (C=O) groups excluding carboxylic acids is 4. The molecule has 1 aromatic heterocycles. The number of carbonyl (C=O) groups is 4. The second kappa shape index (κ2) is 22.8. The lowest BCUT2D eigenvalue weighted by Crippen LogP contribution is -2.63. The van der Waals surface area contributed by atoms with Gasteiger partial charge in [-0.1, -0.05) is 133 Å². The van der Waals surface area contributed by atoms with Crippen molar-refractivity contribution in [2.75, 3.05) is 13.2 Å². The van der Waals surface area contributed by atoms with Gasteiger partial charge in [0.2, 0.25) is 23.6 Å². The Balaban J connectivity index is 1.00. The molecular formula is C64H48O16. The standard InChI is InChI=1S/C64H48O16/c1-2-71-56-53(66)52-47(65)36-46(37-50(52)74-54(56)43-33-34-48-49(35-43)80-64(79-48,44-29-17-7-18-30-44)45-31-19-8-20-32-45)73-63-58(78-62(70)42-27-15-6-16-28-42)57(77-61(69)41-25-13-5-14-26-41)55(76-60(68)40-23-11-4-12-24-40)51(75-63)38-72-59(67)39-21-9-3-10-22-39/h3-37,51,55,57-58,63,65H,2,38H2,1H3/t51?,55-,57?,58+,63-/m1/s1. The van der Waals surface area contributed by atoms with Crippen molar-refractivity contribution in [1.82, 2.24) is 0 Å². The predicted octanol–water partition coefficient (Wildman–Crippen LogP) is 10.9. The molecule has 3 heterocycles. The second-order valence-corrected chi connectivity index (χ2v) is 18.4. The van der Waals surface area contributed by atoms with Crippen molar-refractivity contribution in [3.63, 3.8) is 0 Å². The fourth-order valence-corrected chi connectivity index (χ4v) is 9.41. The summed E-state index contributed by atoms with van der Waals surface area (Å²) in [6.45, 7) is 1.10. The van der Waals surface area contributed by atoms with Crippen LogP contribution in [-0.2, 0) is 29.5 Å². The van der Waals surface area contributed by atoms with Crippen molar-refractivity contribution >= 4 is 34.8 Å². The van der Waals surface area contributed by atoms with Crippen LogP contribution in [0.2, 0.25) is 0 Å². The fraction of sp³-hybridized carbons (Fsp3) is 0.141. The number of phenols is 1. The lowest BCUT2D eigenvalue weighted by atomic mass is 9.97. The molecule has 2 aliphatic heterocycles. The fourth-order valence-electron chi connectivity index (χ4n) is 9.41. The van der Waals surface area contributed by atoms with E-state index in [2.05, 4.69) is 0 Å². The zero-order valence-corrected chi connectivity index (χ0v) is 42.6. The lowest BCUT2D eigenvalue weighted by molar-refractivity contribution is -0.275. The Morgan fingerprint density at radius 3 is 1.54 bits per heavy atom. The van der Waals surface area contributed by atoms with E-state index < -0.39 is 78.2 Å². The predicted molar refractivity (Wildman–Crippen MR) is 289 cm³/mol. The number of hydrogen-bond donors (Lipinski definition) is 1.